The number of carbonyl (C=O) groups is 2. The summed E-state index contributed by atoms with van der Waals surface area (Å²) in [7, 11) is 0. The standard InChI is InChI=1S/C18H18BrN3O2/c19-13-9-20-21(11-13)10-12-4-3-5-14(8-12)22-17(23)15-6-1-2-7-16(15)18(22)24/h3-5,8-9,11,15-16H,1-2,6-7,10H2/t15-,16-/m1/s1. The highest BCUT2D eigenvalue weighted by molar-refractivity contribution is 9.10. The van der Waals surface area contributed by atoms with Crippen LogP contribution in [0.2, 0.25) is 0 Å². The second-order valence-corrected chi connectivity index (χ2v) is 7.45. The van der Waals surface area contributed by atoms with Crippen LogP contribution in [-0.4, -0.2) is 21.6 Å². The molecule has 0 unspecified atom stereocenters. The molecule has 1 saturated carbocycles. The van der Waals surface area contributed by atoms with Crippen molar-refractivity contribution in [3.63, 3.8) is 0 Å². The van der Waals surface area contributed by atoms with E-state index in [9.17, 15) is 9.59 Å². The SMILES string of the molecule is O=C1[C@@H]2CCCC[C@H]2C(=O)N1c1cccc(Cn2cc(Br)cn2)c1. The van der Waals surface area contributed by atoms with Gasteiger partial charge in [0.15, 0.2) is 0 Å². The summed E-state index contributed by atoms with van der Waals surface area (Å²) in [4.78, 5) is 26.8. The maximum atomic E-state index is 12.7. The second kappa shape index (κ2) is 6.16. The number of anilines is 1. The van der Waals surface area contributed by atoms with Crippen molar-refractivity contribution < 1.29 is 9.59 Å². The number of halogens is 1. The van der Waals surface area contributed by atoms with E-state index in [0.29, 0.717) is 12.2 Å². The summed E-state index contributed by atoms with van der Waals surface area (Å²) in [6, 6.07) is 7.64. The molecule has 0 N–H and O–H groups in total. The highest BCUT2D eigenvalue weighted by Crippen LogP contribution is 2.40. The normalized spacial score (nSPS) is 23.6. The number of amides is 2. The van der Waals surface area contributed by atoms with Gasteiger partial charge in [0.25, 0.3) is 0 Å². The molecular weight excluding hydrogens is 370 g/mol. The van der Waals surface area contributed by atoms with Crippen molar-refractivity contribution in [2.45, 2.75) is 32.2 Å². The summed E-state index contributed by atoms with van der Waals surface area (Å²) in [5, 5.41) is 4.25. The molecule has 2 fully saturated rings. The van der Waals surface area contributed by atoms with Gasteiger partial charge in [-0.1, -0.05) is 25.0 Å². The molecule has 1 aliphatic carbocycles. The highest BCUT2D eigenvalue weighted by atomic mass is 79.9. The maximum absolute atomic E-state index is 12.7. The van der Waals surface area contributed by atoms with Crippen LogP contribution in [0.15, 0.2) is 41.1 Å². The molecule has 2 atom stereocenters. The van der Waals surface area contributed by atoms with E-state index in [1.807, 2.05) is 35.1 Å². The number of imide groups is 1. The number of benzene rings is 1. The first-order chi connectivity index (χ1) is 11.6. The van der Waals surface area contributed by atoms with Gasteiger partial charge in [-0.05, 0) is 46.5 Å². The van der Waals surface area contributed by atoms with E-state index in [0.717, 1.165) is 35.7 Å². The summed E-state index contributed by atoms with van der Waals surface area (Å²) >= 11 is 3.38. The van der Waals surface area contributed by atoms with Crippen LogP contribution in [0.25, 0.3) is 0 Å². The average Bonchev–Trinajstić information content (AvgIpc) is 3.10. The molecule has 1 aromatic heterocycles. The Morgan fingerprint density at radius 2 is 1.83 bits per heavy atom. The third kappa shape index (κ3) is 2.69. The predicted octanol–water partition coefficient (Wildman–Crippen LogP) is 3.37. The zero-order valence-corrected chi connectivity index (χ0v) is 14.8. The molecular formula is C18H18BrN3O2. The van der Waals surface area contributed by atoms with Crippen LogP contribution in [0.1, 0.15) is 31.2 Å². The fourth-order valence-corrected chi connectivity index (χ4v) is 4.15. The average molecular weight is 388 g/mol. The van der Waals surface area contributed by atoms with Crippen molar-refractivity contribution in [1.82, 2.24) is 9.78 Å². The van der Waals surface area contributed by atoms with Crippen LogP contribution in [0.3, 0.4) is 0 Å². The van der Waals surface area contributed by atoms with E-state index in [-0.39, 0.29) is 23.7 Å². The van der Waals surface area contributed by atoms with Crippen molar-refractivity contribution in [3.05, 3.63) is 46.7 Å². The quantitative estimate of drug-likeness (QED) is 0.758. The Labute approximate surface area is 148 Å². The van der Waals surface area contributed by atoms with Gasteiger partial charge in [-0.2, -0.15) is 5.10 Å². The van der Waals surface area contributed by atoms with Gasteiger partial charge in [-0.25, -0.2) is 0 Å². The van der Waals surface area contributed by atoms with Crippen molar-refractivity contribution in [1.29, 1.82) is 0 Å². The van der Waals surface area contributed by atoms with Gasteiger partial charge in [-0.3, -0.25) is 19.2 Å². The number of hydrogen-bond acceptors (Lipinski definition) is 3. The monoisotopic (exact) mass is 387 g/mol. The molecule has 5 nitrogen and oxygen atoms in total. The second-order valence-electron chi connectivity index (χ2n) is 6.54. The van der Waals surface area contributed by atoms with Gasteiger partial charge in [0.1, 0.15) is 0 Å². The summed E-state index contributed by atoms with van der Waals surface area (Å²) in [5.41, 5.74) is 1.70. The molecule has 2 heterocycles. The van der Waals surface area contributed by atoms with E-state index >= 15 is 0 Å². The van der Waals surface area contributed by atoms with E-state index < -0.39 is 0 Å². The molecule has 2 aliphatic rings. The molecule has 124 valence electrons. The first kappa shape index (κ1) is 15.6. The Bertz CT molecular complexity index is 777. The smallest absolute Gasteiger partial charge is 0.237 e. The molecule has 0 spiro atoms. The first-order valence-corrected chi connectivity index (χ1v) is 9.07. The minimum atomic E-state index is -0.114. The lowest BCUT2D eigenvalue weighted by atomic mass is 9.81. The minimum absolute atomic E-state index is 0.0244. The number of nitrogens with zero attached hydrogens (tertiary/aromatic N) is 3. The third-order valence-corrected chi connectivity index (χ3v) is 5.37. The highest BCUT2D eigenvalue weighted by Gasteiger charge is 2.48. The summed E-state index contributed by atoms with van der Waals surface area (Å²) in [6.45, 7) is 0.600. The molecule has 4 rings (SSSR count). The van der Waals surface area contributed by atoms with Crippen molar-refractivity contribution in [2.75, 3.05) is 4.90 Å². The van der Waals surface area contributed by atoms with Gasteiger partial charge in [0.2, 0.25) is 11.8 Å². The van der Waals surface area contributed by atoms with Gasteiger partial charge >= 0.3 is 0 Å². The van der Waals surface area contributed by atoms with Crippen LogP contribution in [0.5, 0.6) is 0 Å². The first-order valence-electron chi connectivity index (χ1n) is 8.28. The molecule has 24 heavy (non-hydrogen) atoms. The number of aromatic nitrogens is 2. The Balaban J connectivity index is 1.61. The van der Waals surface area contributed by atoms with Crippen molar-refractivity contribution >= 4 is 33.4 Å². The Hall–Kier alpha value is -1.95. The van der Waals surface area contributed by atoms with Crippen molar-refractivity contribution in [3.8, 4) is 0 Å². The lowest BCUT2D eigenvalue weighted by Crippen LogP contribution is -2.30. The largest absolute Gasteiger partial charge is 0.274 e. The minimum Gasteiger partial charge on any atom is -0.274 e. The number of hydrogen-bond donors (Lipinski definition) is 0. The molecule has 6 heteroatoms. The van der Waals surface area contributed by atoms with E-state index in [2.05, 4.69) is 21.0 Å². The van der Waals surface area contributed by atoms with Crippen molar-refractivity contribution in [2.24, 2.45) is 11.8 Å². The molecule has 1 aromatic carbocycles. The van der Waals surface area contributed by atoms with E-state index in [1.165, 1.54) is 4.90 Å². The van der Waals surface area contributed by atoms with Crippen LogP contribution < -0.4 is 4.90 Å². The summed E-state index contributed by atoms with van der Waals surface area (Å²) in [5.74, 6) is -0.277. The topological polar surface area (TPSA) is 55.2 Å². The molecule has 2 aromatic rings. The van der Waals surface area contributed by atoms with Gasteiger partial charge in [-0.15, -0.1) is 0 Å². The van der Waals surface area contributed by atoms with E-state index in [4.69, 9.17) is 0 Å². The lowest BCUT2D eigenvalue weighted by Gasteiger charge is -2.19. The number of fused-ring (bicyclic) bond motifs is 1. The molecule has 0 bridgehead atoms. The van der Waals surface area contributed by atoms with Crippen LogP contribution in [0.4, 0.5) is 5.69 Å². The fraction of sp³-hybridized carbons (Fsp3) is 0.389. The van der Waals surface area contributed by atoms with Crippen LogP contribution in [-0.2, 0) is 16.1 Å². The molecule has 0 radical (unpaired) electrons. The Kier molecular flexibility index (Phi) is 4.00. The van der Waals surface area contributed by atoms with E-state index in [1.54, 1.807) is 6.20 Å². The summed E-state index contributed by atoms with van der Waals surface area (Å²) < 4.78 is 2.74. The number of carbonyl (C=O) groups excluding carboxylic acids is 2. The Morgan fingerprint density at radius 1 is 1.12 bits per heavy atom. The van der Waals surface area contributed by atoms with Crippen LogP contribution >= 0.6 is 15.9 Å². The maximum Gasteiger partial charge on any atom is 0.237 e. The summed E-state index contributed by atoms with van der Waals surface area (Å²) in [6.07, 6.45) is 7.40. The number of rotatable bonds is 3. The Morgan fingerprint density at radius 3 is 2.46 bits per heavy atom. The predicted molar refractivity (Wildman–Crippen MR) is 93.4 cm³/mol. The van der Waals surface area contributed by atoms with Gasteiger partial charge < -0.3 is 0 Å². The lowest BCUT2D eigenvalue weighted by molar-refractivity contribution is -0.122. The van der Waals surface area contributed by atoms with Crippen LogP contribution in [0, 0.1) is 11.8 Å². The fourth-order valence-electron chi connectivity index (χ4n) is 3.82. The van der Waals surface area contributed by atoms with Gasteiger partial charge in [0.05, 0.1) is 34.7 Å². The molecule has 1 saturated heterocycles. The zero-order valence-electron chi connectivity index (χ0n) is 13.2. The molecule has 1 aliphatic heterocycles. The molecule has 2 amide bonds. The van der Waals surface area contributed by atoms with Gasteiger partial charge in [0, 0.05) is 6.20 Å². The zero-order chi connectivity index (χ0) is 16.7. The third-order valence-electron chi connectivity index (χ3n) is 4.96.